The van der Waals surface area contributed by atoms with Crippen molar-refractivity contribution in [2.45, 2.75) is 43.9 Å². The van der Waals surface area contributed by atoms with Crippen LogP contribution in [0.25, 0.3) is 0 Å². The van der Waals surface area contributed by atoms with E-state index in [2.05, 4.69) is 5.32 Å². The number of hydrogen-bond donors (Lipinski definition) is 1. The molecule has 1 aliphatic carbocycles. The second kappa shape index (κ2) is 6.38. The van der Waals surface area contributed by atoms with E-state index in [1.807, 2.05) is 12.1 Å². The Labute approximate surface area is 109 Å². The second-order valence-electron chi connectivity index (χ2n) is 4.88. The molecule has 18 heavy (non-hydrogen) atoms. The maximum Gasteiger partial charge on any atom is 0.154 e. The van der Waals surface area contributed by atoms with Crippen LogP contribution in [-0.4, -0.2) is 26.0 Å². The first-order valence-electron chi connectivity index (χ1n) is 6.63. The Bertz CT molecular complexity index is 433. The van der Waals surface area contributed by atoms with Gasteiger partial charge in [0.1, 0.15) is 5.76 Å². The van der Waals surface area contributed by atoms with Gasteiger partial charge in [0.2, 0.25) is 0 Å². The molecule has 0 unspecified atom stereocenters. The maximum atomic E-state index is 12.1. The molecular formula is C13H21NO3S. The van der Waals surface area contributed by atoms with Crippen molar-refractivity contribution >= 4 is 9.84 Å². The third-order valence-electron chi connectivity index (χ3n) is 3.50. The Morgan fingerprint density at radius 3 is 2.72 bits per heavy atom. The summed E-state index contributed by atoms with van der Waals surface area (Å²) in [5, 5.41) is 3.01. The summed E-state index contributed by atoms with van der Waals surface area (Å²) in [5.74, 6) is 1.07. The lowest BCUT2D eigenvalue weighted by atomic mass is 10.0. The molecule has 1 aromatic heterocycles. The van der Waals surface area contributed by atoms with Gasteiger partial charge in [-0.1, -0.05) is 19.3 Å². The standard InChI is InChI=1S/C13H21NO3S/c15-18(16,13-6-2-1-3-7-13)10-8-14-11-12-5-4-9-17-12/h4-5,9,13-14H,1-3,6-8,10-11H2. The molecule has 0 aliphatic heterocycles. The van der Waals surface area contributed by atoms with Crippen molar-refractivity contribution in [3.8, 4) is 0 Å². The van der Waals surface area contributed by atoms with Crippen LogP contribution in [0.1, 0.15) is 37.9 Å². The van der Waals surface area contributed by atoms with Crippen LogP contribution in [0.4, 0.5) is 0 Å². The van der Waals surface area contributed by atoms with Crippen molar-refractivity contribution in [2.24, 2.45) is 0 Å². The van der Waals surface area contributed by atoms with Gasteiger partial charge in [-0.25, -0.2) is 8.42 Å². The van der Waals surface area contributed by atoms with E-state index < -0.39 is 9.84 Å². The van der Waals surface area contributed by atoms with Crippen LogP contribution in [0.2, 0.25) is 0 Å². The van der Waals surface area contributed by atoms with E-state index >= 15 is 0 Å². The molecule has 1 saturated carbocycles. The molecule has 1 aromatic rings. The third-order valence-corrected chi connectivity index (χ3v) is 5.76. The Balaban J connectivity index is 1.71. The molecule has 1 fully saturated rings. The van der Waals surface area contributed by atoms with E-state index in [0.29, 0.717) is 13.1 Å². The lowest BCUT2D eigenvalue weighted by molar-refractivity contribution is 0.476. The van der Waals surface area contributed by atoms with Gasteiger partial charge < -0.3 is 9.73 Å². The maximum absolute atomic E-state index is 12.1. The molecule has 102 valence electrons. The second-order valence-corrected chi connectivity index (χ2v) is 7.28. The fraction of sp³-hybridized carbons (Fsp3) is 0.692. The summed E-state index contributed by atoms with van der Waals surface area (Å²) >= 11 is 0. The van der Waals surface area contributed by atoms with Crippen LogP contribution in [0, 0.1) is 0 Å². The van der Waals surface area contributed by atoms with Crippen molar-refractivity contribution in [3.05, 3.63) is 24.2 Å². The van der Waals surface area contributed by atoms with Gasteiger partial charge in [-0.05, 0) is 25.0 Å². The van der Waals surface area contributed by atoms with Gasteiger partial charge in [0.25, 0.3) is 0 Å². The van der Waals surface area contributed by atoms with Crippen LogP contribution in [-0.2, 0) is 16.4 Å². The monoisotopic (exact) mass is 271 g/mol. The zero-order chi connectivity index (χ0) is 12.8. The first kappa shape index (κ1) is 13.6. The molecule has 2 rings (SSSR count). The van der Waals surface area contributed by atoms with Crippen molar-refractivity contribution in [1.29, 1.82) is 0 Å². The summed E-state index contributed by atoms with van der Waals surface area (Å²) in [4.78, 5) is 0. The minimum Gasteiger partial charge on any atom is -0.468 e. The molecule has 4 nitrogen and oxygen atoms in total. The van der Waals surface area contributed by atoms with E-state index in [9.17, 15) is 8.42 Å². The number of nitrogens with one attached hydrogen (secondary N) is 1. The van der Waals surface area contributed by atoms with Crippen LogP contribution in [0.3, 0.4) is 0 Å². The van der Waals surface area contributed by atoms with Gasteiger partial charge in [0.15, 0.2) is 9.84 Å². The molecule has 0 spiro atoms. The van der Waals surface area contributed by atoms with E-state index in [1.54, 1.807) is 6.26 Å². The molecule has 0 amide bonds. The minimum atomic E-state index is -2.92. The van der Waals surface area contributed by atoms with E-state index in [0.717, 1.165) is 31.4 Å². The Morgan fingerprint density at radius 1 is 1.28 bits per heavy atom. The summed E-state index contributed by atoms with van der Waals surface area (Å²) in [5.41, 5.74) is 0. The fourth-order valence-corrected chi connectivity index (χ4v) is 4.24. The quantitative estimate of drug-likeness (QED) is 0.805. The van der Waals surface area contributed by atoms with Gasteiger partial charge in [-0.2, -0.15) is 0 Å². The van der Waals surface area contributed by atoms with Crippen LogP contribution < -0.4 is 5.32 Å². The van der Waals surface area contributed by atoms with Crippen molar-refractivity contribution in [1.82, 2.24) is 5.32 Å². The zero-order valence-electron chi connectivity index (χ0n) is 10.6. The van der Waals surface area contributed by atoms with Gasteiger partial charge in [-0.3, -0.25) is 0 Å². The molecule has 0 atom stereocenters. The average molecular weight is 271 g/mol. The Hall–Kier alpha value is -0.810. The highest BCUT2D eigenvalue weighted by Crippen LogP contribution is 2.23. The Kier molecular flexibility index (Phi) is 4.83. The summed E-state index contributed by atoms with van der Waals surface area (Å²) in [7, 11) is -2.92. The van der Waals surface area contributed by atoms with Gasteiger partial charge in [0, 0.05) is 6.54 Å². The molecule has 1 heterocycles. The molecule has 0 radical (unpaired) electrons. The molecule has 1 N–H and O–H groups in total. The smallest absolute Gasteiger partial charge is 0.154 e. The summed E-state index contributed by atoms with van der Waals surface area (Å²) in [6.45, 7) is 1.09. The van der Waals surface area contributed by atoms with Crippen molar-refractivity contribution in [3.63, 3.8) is 0 Å². The molecular weight excluding hydrogens is 250 g/mol. The first-order chi connectivity index (χ1) is 8.68. The number of rotatable bonds is 6. The highest BCUT2D eigenvalue weighted by atomic mass is 32.2. The van der Waals surface area contributed by atoms with E-state index in [4.69, 9.17) is 4.42 Å². The van der Waals surface area contributed by atoms with E-state index in [-0.39, 0.29) is 11.0 Å². The summed E-state index contributed by atoms with van der Waals surface area (Å²) in [6.07, 6.45) is 6.62. The molecule has 0 saturated heterocycles. The minimum absolute atomic E-state index is 0.100. The van der Waals surface area contributed by atoms with Crippen molar-refractivity contribution < 1.29 is 12.8 Å². The highest BCUT2D eigenvalue weighted by molar-refractivity contribution is 7.92. The predicted octanol–water partition coefficient (Wildman–Crippen LogP) is 2.12. The lowest BCUT2D eigenvalue weighted by Crippen LogP contribution is -2.31. The fourth-order valence-electron chi connectivity index (χ4n) is 2.43. The van der Waals surface area contributed by atoms with E-state index in [1.165, 1.54) is 6.42 Å². The zero-order valence-corrected chi connectivity index (χ0v) is 11.4. The van der Waals surface area contributed by atoms with Crippen LogP contribution in [0.15, 0.2) is 22.8 Å². The number of sulfone groups is 1. The Morgan fingerprint density at radius 2 is 2.06 bits per heavy atom. The SMILES string of the molecule is O=S(=O)(CCNCc1ccco1)C1CCCCC1. The van der Waals surface area contributed by atoms with Crippen molar-refractivity contribution in [2.75, 3.05) is 12.3 Å². The topological polar surface area (TPSA) is 59.3 Å². The normalized spacial score (nSPS) is 18.0. The molecule has 5 heteroatoms. The molecule has 0 aromatic carbocycles. The summed E-state index contributed by atoms with van der Waals surface area (Å²) in [6, 6.07) is 3.71. The first-order valence-corrected chi connectivity index (χ1v) is 8.35. The third kappa shape index (κ3) is 3.85. The lowest BCUT2D eigenvalue weighted by Gasteiger charge is -2.21. The predicted molar refractivity (Wildman–Crippen MR) is 71.1 cm³/mol. The number of furan rings is 1. The summed E-state index contributed by atoms with van der Waals surface area (Å²) < 4.78 is 29.3. The highest BCUT2D eigenvalue weighted by Gasteiger charge is 2.26. The van der Waals surface area contributed by atoms with Gasteiger partial charge in [0.05, 0.1) is 23.8 Å². The molecule has 0 bridgehead atoms. The van der Waals surface area contributed by atoms with Crippen LogP contribution in [0.5, 0.6) is 0 Å². The number of hydrogen-bond acceptors (Lipinski definition) is 4. The van der Waals surface area contributed by atoms with Gasteiger partial charge >= 0.3 is 0 Å². The largest absolute Gasteiger partial charge is 0.468 e. The average Bonchev–Trinajstić information content (AvgIpc) is 2.89. The van der Waals surface area contributed by atoms with Crippen LogP contribution >= 0.6 is 0 Å². The van der Waals surface area contributed by atoms with Gasteiger partial charge in [-0.15, -0.1) is 0 Å². The molecule has 1 aliphatic rings.